The van der Waals surface area contributed by atoms with Crippen molar-refractivity contribution < 1.29 is 13.2 Å². The second kappa shape index (κ2) is 8.72. The van der Waals surface area contributed by atoms with Crippen molar-refractivity contribution in [1.82, 2.24) is 9.21 Å². The van der Waals surface area contributed by atoms with Crippen LogP contribution >= 0.6 is 0 Å². The van der Waals surface area contributed by atoms with Crippen molar-refractivity contribution in [1.29, 1.82) is 0 Å². The number of sulfonamides is 1. The van der Waals surface area contributed by atoms with Gasteiger partial charge in [0.15, 0.2) is 0 Å². The van der Waals surface area contributed by atoms with Gasteiger partial charge in [-0.1, -0.05) is 6.92 Å². The zero-order valence-electron chi connectivity index (χ0n) is 16.1. The van der Waals surface area contributed by atoms with Crippen LogP contribution in [0.1, 0.15) is 39.0 Å². The molecule has 1 aromatic carbocycles. The lowest BCUT2D eigenvalue weighted by Gasteiger charge is -2.32. The maximum atomic E-state index is 12.9. The van der Waals surface area contributed by atoms with E-state index in [1.54, 1.807) is 35.7 Å². The number of hydrogen-bond acceptors (Lipinski definition) is 4. The minimum absolute atomic E-state index is 0.363. The molecule has 0 aliphatic carbocycles. The molecule has 1 atom stereocenters. The van der Waals surface area contributed by atoms with Gasteiger partial charge in [-0.15, -0.1) is 0 Å². The van der Waals surface area contributed by atoms with Crippen molar-refractivity contribution in [3.05, 3.63) is 24.3 Å². The third-order valence-electron chi connectivity index (χ3n) is 5.90. The second-order valence-corrected chi connectivity index (χ2v) is 9.80. The molecule has 0 saturated carbocycles. The Balaban J connectivity index is 1.58. The average molecular weight is 381 g/mol. The highest BCUT2D eigenvalue weighted by atomic mass is 32.2. The molecular weight excluding hydrogens is 348 g/mol. The summed E-state index contributed by atoms with van der Waals surface area (Å²) in [4.78, 5) is 2.94. The van der Waals surface area contributed by atoms with E-state index < -0.39 is 10.0 Å². The van der Waals surface area contributed by atoms with Crippen LogP contribution in [0.2, 0.25) is 0 Å². The summed E-state index contributed by atoms with van der Waals surface area (Å²) in [5.74, 6) is 2.14. The summed E-state index contributed by atoms with van der Waals surface area (Å²) in [6.45, 7) is 7.12. The normalized spacial score (nSPS) is 24.3. The number of rotatable bonds is 5. The lowest BCUT2D eigenvalue weighted by molar-refractivity contribution is 0.161. The molecule has 2 aliphatic rings. The van der Waals surface area contributed by atoms with Crippen LogP contribution in [-0.4, -0.2) is 57.5 Å². The summed E-state index contributed by atoms with van der Waals surface area (Å²) in [6.07, 6.45) is 5.63. The van der Waals surface area contributed by atoms with E-state index in [0.29, 0.717) is 29.7 Å². The SMILES string of the molecule is COc1ccc(S(=O)(=O)N2CCCC(CN3CCC(C)CC3)CC2)cc1. The van der Waals surface area contributed by atoms with Crippen molar-refractivity contribution in [3.8, 4) is 5.75 Å². The predicted molar refractivity (Wildman–Crippen MR) is 104 cm³/mol. The third-order valence-corrected chi connectivity index (χ3v) is 7.81. The Morgan fingerprint density at radius 2 is 1.69 bits per heavy atom. The van der Waals surface area contributed by atoms with Crippen molar-refractivity contribution in [3.63, 3.8) is 0 Å². The summed E-state index contributed by atoms with van der Waals surface area (Å²) in [5.41, 5.74) is 0. The van der Waals surface area contributed by atoms with E-state index in [0.717, 1.165) is 31.7 Å². The van der Waals surface area contributed by atoms with E-state index in [-0.39, 0.29) is 0 Å². The highest BCUT2D eigenvalue weighted by Gasteiger charge is 2.28. The van der Waals surface area contributed by atoms with Crippen LogP contribution < -0.4 is 4.74 Å². The van der Waals surface area contributed by atoms with Gasteiger partial charge in [0.25, 0.3) is 0 Å². The fourth-order valence-electron chi connectivity index (χ4n) is 4.07. The molecule has 0 radical (unpaired) electrons. The van der Waals surface area contributed by atoms with Crippen LogP contribution in [0.25, 0.3) is 0 Å². The molecule has 146 valence electrons. The van der Waals surface area contributed by atoms with Crippen molar-refractivity contribution in [2.45, 2.75) is 43.9 Å². The summed E-state index contributed by atoms with van der Waals surface area (Å²) in [5, 5.41) is 0. The lowest BCUT2D eigenvalue weighted by atomic mass is 9.95. The molecule has 0 bridgehead atoms. The van der Waals surface area contributed by atoms with Crippen LogP contribution in [0.3, 0.4) is 0 Å². The van der Waals surface area contributed by atoms with Gasteiger partial charge < -0.3 is 9.64 Å². The van der Waals surface area contributed by atoms with Crippen molar-refractivity contribution in [2.75, 3.05) is 39.8 Å². The van der Waals surface area contributed by atoms with E-state index in [4.69, 9.17) is 4.74 Å². The number of methoxy groups -OCH3 is 1. The predicted octanol–water partition coefficient (Wildman–Crippen LogP) is 3.22. The Kier molecular flexibility index (Phi) is 6.59. The summed E-state index contributed by atoms with van der Waals surface area (Å²) in [6, 6.07) is 6.71. The zero-order valence-corrected chi connectivity index (χ0v) is 16.9. The molecule has 1 unspecified atom stereocenters. The van der Waals surface area contributed by atoms with Gasteiger partial charge in [-0.2, -0.15) is 4.31 Å². The van der Waals surface area contributed by atoms with E-state index in [9.17, 15) is 8.42 Å². The molecule has 0 N–H and O–H groups in total. The summed E-state index contributed by atoms with van der Waals surface area (Å²) < 4.78 is 32.7. The van der Waals surface area contributed by atoms with Gasteiger partial charge in [-0.05, 0) is 81.3 Å². The molecule has 0 aromatic heterocycles. The van der Waals surface area contributed by atoms with E-state index in [1.807, 2.05) is 0 Å². The molecule has 1 aromatic rings. The Bertz CT molecular complexity index is 667. The van der Waals surface area contributed by atoms with E-state index >= 15 is 0 Å². The van der Waals surface area contributed by atoms with Gasteiger partial charge >= 0.3 is 0 Å². The Morgan fingerprint density at radius 1 is 1.00 bits per heavy atom. The van der Waals surface area contributed by atoms with Crippen LogP contribution in [0.5, 0.6) is 5.75 Å². The molecule has 26 heavy (non-hydrogen) atoms. The molecule has 6 heteroatoms. The van der Waals surface area contributed by atoms with Crippen molar-refractivity contribution in [2.24, 2.45) is 11.8 Å². The molecule has 2 aliphatic heterocycles. The van der Waals surface area contributed by atoms with Crippen LogP contribution in [-0.2, 0) is 10.0 Å². The standard InChI is InChI=1S/C20H32N2O3S/c1-17-9-13-21(14-10-17)16-18-4-3-12-22(15-11-18)26(23,24)20-7-5-19(25-2)6-8-20/h5-8,17-18H,3-4,9-16H2,1-2H3. The molecule has 3 rings (SSSR count). The average Bonchev–Trinajstić information content (AvgIpc) is 2.90. The number of nitrogens with zero attached hydrogens (tertiary/aromatic N) is 2. The highest BCUT2D eigenvalue weighted by Crippen LogP contribution is 2.26. The van der Waals surface area contributed by atoms with E-state index in [1.165, 1.54) is 25.9 Å². The zero-order chi connectivity index (χ0) is 18.6. The topological polar surface area (TPSA) is 49.9 Å². The fourth-order valence-corrected chi connectivity index (χ4v) is 5.56. The summed E-state index contributed by atoms with van der Waals surface area (Å²) >= 11 is 0. The van der Waals surface area contributed by atoms with Crippen LogP contribution in [0, 0.1) is 11.8 Å². The van der Waals surface area contributed by atoms with Gasteiger partial charge in [0.1, 0.15) is 5.75 Å². The van der Waals surface area contributed by atoms with Gasteiger partial charge in [0.2, 0.25) is 10.0 Å². The fraction of sp³-hybridized carbons (Fsp3) is 0.700. The van der Waals surface area contributed by atoms with Gasteiger partial charge in [0, 0.05) is 19.6 Å². The molecule has 0 amide bonds. The minimum atomic E-state index is -3.41. The van der Waals surface area contributed by atoms with Crippen molar-refractivity contribution >= 4 is 10.0 Å². The van der Waals surface area contributed by atoms with Gasteiger partial charge in [-0.3, -0.25) is 0 Å². The quantitative estimate of drug-likeness (QED) is 0.787. The molecule has 0 spiro atoms. The first-order valence-electron chi connectivity index (χ1n) is 9.85. The monoisotopic (exact) mass is 380 g/mol. The maximum Gasteiger partial charge on any atom is 0.243 e. The molecule has 2 saturated heterocycles. The number of piperidine rings is 1. The lowest BCUT2D eigenvalue weighted by Crippen LogP contribution is -2.37. The third kappa shape index (κ3) is 4.78. The maximum absolute atomic E-state index is 12.9. The van der Waals surface area contributed by atoms with E-state index in [2.05, 4.69) is 11.8 Å². The highest BCUT2D eigenvalue weighted by molar-refractivity contribution is 7.89. The molecule has 2 heterocycles. The van der Waals surface area contributed by atoms with Gasteiger partial charge in [0.05, 0.1) is 12.0 Å². The van der Waals surface area contributed by atoms with Gasteiger partial charge in [-0.25, -0.2) is 8.42 Å². The number of benzene rings is 1. The molecule has 5 nitrogen and oxygen atoms in total. The first-order chi connectivity index (χ1) is 12.5. The Morgan fingerprint density at radius 3 is 2.35 bits per heavy atom. The van der Waals surface area contributed by atoms with Crippen LogP contribution in [0.15, 0.2) is 29.2 Å². The Hall–Kier alpha value is -1.11. The van der Waals surface area contributed by atoms with Crippen LogP contribution in [0.4, 0.5) is 0 Å². The number of ether oxygens (including phenoxy) is 1. The minimum Gasteiger partial charge on any atom is -0.497 e. The molecule has 2 fully saturated rings. The first-order valence-corrected chi connectivity index (χ1v) is 11.3. The Labute approximate surface area is 158 Å². The second-order valence-electron chi connectivity index (χ2n) is 7.86. The first kappa shape index (κ1) is 19.6. The largest absolute Gasteiger partial charge is 0.497 e. The summed E-state index contributed by atoms with van der Waals surface area (Å²) in [7, 11) is -1.83. The smallest absolute Gasteiger partial charge is 0.243 e. The molecular formula is C20H32N2O3S. The number of hydrogen-bond donors (Lipinski definition) is 0. The number of likely N-dealkylation sites (tertiary alicyclic amines) is 1.